The fourth-order valence-corrected chi connectivity index (χ4v) is 4.89. The van der Waals surface area contributed by atoms with E-state index < -0.39 is 0 Å². The molecule has 2 heterocycles. The average molecular weight is 326 g/mol. The van der Waals surface area contributed by atoms with Crippen LogP contribution in [0.1, 0.15) is 50.5 Å². The molecule has 4 nitrogen and oxygen atoms in total. The van der Waals surface area contributed by atoms with Gasteiger partial charge in [0.25, 0.3) is 5.91 Å². The van der Waals surface area contributed by atoms with Gasteiger partial charge in [-0.2, -0.15) is 0 Å². The van der Waals surface area contributed by atoms with Crippen LogP contribution in [0.25, 0.3) is 0 Å². The molecule has 2 aliphatic heterocycles. The van der Waals surface area contributed by atoms with Crippen LogP contribution in [-0.2, 0) is 9.59 Å². The third-order valence-corrected chi connectivity index (χ3v) is 6.10. The first kappa shape index (κ1) is 15.8. The van der Waals surface area contributed by atoms with Gasteiger partial charge < -0.3 is 0 Å². The largest absolute Gasteiger partial charge is 0.288 e. The number of carbonyl (C=O) groups is 2. The molecule has 1 aromatic rings. The second kappa shape index (κ2) is 6.32. The first-order valence-corrected chi connectivity index (χ1v) is 9.34. The number of likely N-dealkylation sites (tertiary alicyclic amines) is 1. The van der Waals surface area contributed by atoms with Crippen molar-refractivity contribution in [3.8, 4) is 0 Å². The molecule has 0 spiro atoms. The number of piperidine rings is 1. The quantitative estimate of drug-likeness (QED) is 0.783. The van der Waals surface area contributed by atoms with Crippen LogP contribution in [0.15, 0.2) is 24.3 Å². The monoisotopic (exact) mass is 326 g/mol. The lowest BCUT2D eigenvalue weighted by Gasteiger charge is -2.46. The Bertz CT molecular complexity index is 638. The molecule has 3 atom stereocenters. The maximum atomic E-state index is 13.0. The molecule has 2 amide bonds. The fraction of sp³-hybridized carbons (Fsp3) is 0.600. The van der Waals surface area contributed by atoms with E-state index in [-0.39, 0.29) is 17.9 Å². The molecule has 1 saturated carbocycles. The zero-order chi connectivity index (χ0) is 16.7. The number of fused-ring (bicyclic) bond motifs is 1. The van der Waals surface area contributed by atoms with E-state index in [2.05, 4.69) is 4.90 Å². The van der Waals surface area contributed by atoms with Gasteiger partial charge in [-0.25, -0.2) is 4.90 Å². The predicted octanol–water partition coefficient (Wildman–Crippen LogP) is 3.28. The van der Waals surface area contributed by atoms with Crippen LogP contribution >= 0.6 is 0 Å². The molecular formula is C20H26N2O2. The van der Waals surface area contributed by atoms with Crippen molar-refractivity contribution in [2.45, 2.75) is 64.0 Å². The molecular weight excluding hydrogens is 300 g/mol. The highest BCUT2D eigenvalue weighted by molar-refractivity contribution is 6.22. The third-order valence-electron chi connectivity index (χ3n) is 6.10. The minimum Gasteiger partial charge on any atom is -0.288 e. The summed E-state index contributed by atoms with van der Waals surface area (Å²) in [4.78, 5) is 29.4. The van der Waals surface area contributed by atoms with Crippen LogP contribution in [0.3, 0.4) is 0 Å². The van der Waals surface area contributed by atoms with E-state index in [1.165, 1.54) is 37.0 Å². The van der Waals surface area contributed by atoms with Crippen molar-refractivity contribution in [2.75, 3.05) is 11.4 Å². The van der Waals surface area contributed by atoms with Crippen molar-refractivity contribution in [2.24, 2.45) is 5.92 Å². The molecule has 2 saturated heterocycles. The number of rotatable bonds is 2. The summed E-state index contributed by atoms with van der Waals surface area (Å²) < 4.78 is 0. The van der Waals surface area contributed by atoms with Crippen molar-refractivity contribution in [1.29, 1.82) is 0 Å². The molecule has 4 heteroatoms. The van der Waals surface area contributed by atoms with Crippen LogP contribution in [0.4, 0.5) is 5.69 Å². The van der Waals surface area contributed by atoms with E-state index in [1.807, 2.05) is 31.2 Å². The van der Waals surface area contributed by atoms with Crippen molar-refractivity contribution in [3.63, 3.8) is 0 Å². The number of imide groups is 1. The first-order chi connectivity index (χ1) is 11.6. The number of benzene rings is 1. The first-order valence-electron chi connectivity index (χ1n) is 9.34. The van der Waals surface area contributed by atoms with Crippen molar-refractivity contribution < 1.29 is 9.59 Å². The number of hydrogen-bond acceptors (Lipinski definition) is 3. The second-order valence-electron chi connectivity index (χ2n) is 7.61. The van der Waals surface area contributed by atoms with E-state index in [1.54, 1.807) is 0 Å². The lowest BCUT2D eigenvalue weighted by Crippen LogP contribution is -2.54. The summed E-state index contributed by atoms with van der Waals surface area (Å²) in [6.45, 7) is 2.98. The van der Waals surface area contributed by atoms with E-state index >= 15 is 0 Å². The van der Waals surface area contributed by atoms with E-state index in [4.69, 9.17) is 0 Å². The zero-order valence-electron chi connectivity index (χ0n) is 14.4. The minimum atomic E-state index is -0.246. The maximum absolute atomic E-state index is 13.0. The molecule has 3 aliphatic rings. The van der Waals surface area contributed by atoms with Crippen LogP contribution in [0, 0.1) is 12.8 Å². The molecule has 0 radical (unpaired) electrons. The molecule has 0 N–H and O–H groups in total. The lowest BCUT2D eigenvalue weighted by atomic mass is 9.77. The Labute approximate surface area is 143 Å². The SMILES string of the molecule is Cc1ccc(N2C(=O)C[C@H](N3CCC[C@H]4CCCC[C@H]43)C2=O)cc1. The van der Waals surface area contributed by atoms with Crippen LogP contribution in [0.5, 0.6) is 0 Å². The third kappa shape index (κ3) is 2.67. The van der Waals surface area contributed by atoms with E-state index in [0.29, 0.717) is 12.5 Å². The molecule has 1 aliphatic carbocycles. The topological polar surface area (TPSA) is 40.6 Å². The number of hydrogen-bond donors (Lipinski definition) is 0. The number of amides is 2. The van der Waals surface area contributed by atoms with Gasteiger partial charge in [0.15, 0.2) is 0 Å². The van der Waals surface area contributed by atoms with E-state index in [9.17, 15) is 9.59 Å². The summed E-state index contributed by atoms with van der Waals surface area (Å²) >= 11 is 0. The molecule has 1 aromatic carbocycles. The van der Waals surface area contributed by atoms with Gasteiger partial charge in [-0.05, 0) is 57.2 Å². The van der Waals surface area contributed by atoms with Crippen LogP contribution in [0.2, 0.25) is 0 Å². The molecule has 3 fully saturated rings. The summed E-state index contributed by atoms with van der Waals surface area (Å²) in [5.74, 6) is 0.658. The number of nitrogens with zero attached hydrogens (tertiary/aromatic N) is 2. The van der Waals surface area contributed by atoms with E-state index in [0.717, 1.165) is 30.1 Å². The van der Waals surface area contributed by atoms with Gasteiger partial charge in [0.1, 0.15) is 0 Å². The second-order valence-corrected chi connectivity index (χ2v) is 7.61. The summed E-state index contributed by atoms with van der Waals surface area (Å²) in [6.07, 6.45) is 7.85. The van der Waals surface area contributed by atoms with Crippen LogP contribution < -0.4 is 4.90 Å². The highest BCUT2D eigenvalue weighted by Gasteiger charge is 2.47. The standard InChI is InChI=1S/C20H26N2O2/c1-14-8-10-16(11-9-14)22-19(23)13-18(20(22)24)21-12-4-6-15-5-2-3-7-17(15)21/h8-11,15,17-18H,2-7,12-13H2,1H3/t15-,17-,18+/m1/s1. The van der Waals surface area contributed by atoms with Crippen molar-refractivity contribution >= 4 is 17.5 Å². The molecule has 0 bridgehead atoms. The normalized spacial score (nSPS) is 31.4. The summed E-state index contributed by atoms with van der Waals surface area (Å²) in [6, 6.07) is 7.94. The fourth-order valence-electron chi connectivity index (χ4n) is 4.89. The van der Waals surface area contributed by atoms with Crippen molar-refractivity contribution in [3.05, 3.63) is 29.8 Å². The number of aryl methyl sites for hydroxylation is 1. The van der Waals surface area contributed by atoms with Gasteiger partial charge in [0.2, 0.25) is 5.91 Å². The number of carbonyl (C=O) groups excluding carboxylic acids is 2. The minimum absolute atomic E-state index is 0.0184. The molecule has 0 unspecified atom stereocenters. The Morgan fingerprint density at radius 1 is 0.958 bits per heavy atom. The Balaban J connectivity index is 1.57. The maximum Gasteiger partial charge on any atom is 0.251 e. The Hall–Kier alpha value is -1.68. The van der Waals surface area contributed by atoms with Gasteiger partial charge >= 0.3 is 0 Å². The molecule has 24 heavy (non-hydrogen) atoms. The Morgan fingerprint density at radius 2 is 1.67 bits per heavy atom. The smallest absolute Gasteiger partial charge is 0.251 e. The lowest BCUT2D eigenvalue weighted by molar-refractivity contribution is -0.124. The molecule has 0 aromatic heterocycles. The summed E-state index contributed by atoms with van der Waals surface area (Å²) in [7, 11) is 0. The zero-order valence-corrected chi connectivity index (χ0v) is 14.4. The van der Waals surface area contributed by atoms with Gasteiger partial charge in [0.05, 0.1) is 18.2 Å². The predicted molar refractivity (Wildman–Crippen MR) is 93.8 cm³/mol. The highest BCUT2D eigenvalue weighted by Crippen LogP contribution is 2.38. The summed E-state index contributed by atoms with van der Waals surface area (Å²) in [5, 5.41) is 0. The van der Waals surface area contributed by atoms with Gasteiger partial charge in [-0.1, -0.05) is 30.5 Å². The highest BCUT2D eigenvalue weighted by atomic mass is 16.2. The van der Waals surface area contributed by atoms with Gasteiger partial charge in [0, 0.05) is 6.04 Å². The van der Waals surface area contributed by atoms with Gasteiger partial charge in [-0.15, -0.1) is 0 Å². The number of anilines is 1. The molecule has 128 valence electrons. The summed E-state index contributed by atoms with van der Waals surface area (Å²) in [5.41, 5.74) is 1.85. The van der Waals surface area contributed by atoms with Crippen LogP contribution in [-0.4, -0.2) is 35.3 Å². The van der Waals surface area contributed by atoms with Crippen molar-refractivity contribution in [1.82, 2.24) is 4.90 Å². The van der Waals surface area contributed by atoms with Gasteiger partial charge in [-0.3, -0.25) is 14.5 Å². The average Bonchev–Trinajstić information content (AvgIpc) is 2.90. The molecule has 4 rings (SSSR count). The Kier molecular flexibility index (Phi) is 4.17. The Morgan fingerprint density at radius 3 is 2.46 bits per heavy atom.